The van der Waals surface area contributed by atoms with Crippen molar-refractivity contribution in [2.24, 2.45) is 5.14 Å². The molecule has 1 amide bonds. The lowest BCUT2D eigenvalue weighted by molar-refractivity contribution is -0.133. The molecule has 6 heteroatoms. The highest BCUT2D eigenvalue weighted by atomic mass is 32.2. The third-order valence-electron chi connectivity index (χ3n) is 4.45. The number of carbonyl (C=O) groups excluding carboxylic acids is 1. The van der Waals surface area contributed by atoms with E-state index in [1.165, 1.54) is 0 Å². The molecular weight excluding hydrogens is 348 g/mol. The van der Waals surface area contributed by atoms with Crippen LogP contribution in [0.25, 0.3) is 0 Å². The summed E-state index contributed by atoms with van der Waals surface area (Å²) in [6.45, 7) is 4.07. The first-order chi connectivity index (χ1) is 12.3. The van der Waals surface area contributed by atoms with Gasteiger partial charge in [0.05, 0.1) is 6.04 Å². The monoisotopic (exact) mass is 374 g/mol. The summed E-state index contributed by atoms with van der Waals surface area (Å²) >= 11 is 0. The third kappa shape index (κ3) is 5.16. The van der Waals surface area contributed by atoms with Crippen LogP contribution in [0, 0.1) is 0 Å². The van der Waals surface area contributed by atoms with Crippen LogP contribution in [0.3, 0.4) is 0 Å². The van der Waals surface area contributed by atoms with Crippen molar-refractivity contribution < 1.29 is 13.2 Å². The maximum absolute atomic E-state index is 13.2. The van der Waals surface area contributed by atoms with Gasteiger partial charge in [-0.15, -0.1) is 0 Å². The van der Waals surface area contributed by atoms with Crippen molar-refractivity contribution in [1.29, 1.82) is 0 Å². The van der Waals surface area contributed by atoms with Crippen LogP contribution in [0.15, 0.2) is 60.7 Å². The van der Waals surface area contributed by atoms with E-state index >= 15 is 0 Å². The quantitative estimate of drug-likeness (QED) is 0.770. The SMILES string of the molecule is CCCC(C(=O)N(Cc1ccccc1)[C@H](C)c1ccccc1)S(N)(=O)=O. The van der Waals surface area contributed by atoms with Crippen molar-refractivity contribution in [2.75, 3.05) is 0 Å². The highest BCUT2D eigenvalue weighted by molar-refractivity contribution is 7.90. The van der Waals surface area contributed by atoms with Crippen LogP contribution in [0.4, 0.5) is 0 Å². The van der Waals surface area contributed by atoms with Crippen LogP contribution in [0.5, 0.6) is 0 Å². The van der Waals surface area contributed by atoms with E-state index in [1.54, 1.807) is 4.90 Å². The van der Waals surface area contributed by atoms with E-state index in [9.17, 15) is 13.2 Å². The van der Waals surface area contributed by atoms with Crippen LogP contribution >= 0.6 is 0 Å². The number of hydrogen-bond donors (Lipinski definition) is 1. The summed E-state index contributed by atoms with van der Waals surface area (Å²) in [5, 5.41) is 4.14. The molecule has 2 atom stereocenters. The molecule has 2 aromatic rings. The number of benzene rings is 2. The van der Waals surface area contributed by atoms with Crippen molar-refractivity contribution in [1.82, 2.24) is 4.90 Å². The second-order valence-electron chi connectivity index (χ2n) is 6.40. The fourth-order valence-electron chi connectivity index (χ4n) is 2.97. The number of hydrogen-bond acceptors (Lipinski definition) is 3. The number of carbonyl (C=O) groups is 1. The van der Waals surface area contributed by atoms with Gasteiger partial charge >= 0.3 is 0 Å². The zero-order valence-corrected chi connectivity index (χ0v) is 16.0. The Hall–Kier alpha value is -2.18. The number of amides is 1. The van der Waals surface area contributed by atoms with E-state index in [0.29, 0.717) is 13.0 Å². The van der Waals surface area contributed by atoms with Gasteiger partial charge in [-0.25, -0.2) is 13.6 Å². The lowest BCUT2D eigenvalue weighted by Gasteiger charge is -2.32. The van der Waals surface area contributed by atoms with Gasteiger partial charge < -0.3 is 4.90 Å². The first-order valence-electron chi connectivity index (χ1n) is 8.75. The average Bonchev–Trinajstić information content (AvgIpc) is 2.64. The van der Waals surface area contributed by atoms with E-state index in [-0.39, 0.29) is 12.5 Å². The van der Waals surface area contributed by atoms with Crippen LogP contribution in [-0.2, 0) is 21.4 Å². The maximum atomic E-state index is 13.2. The minimum absolute atomic E-state index is 0.213. The number of nitrogens with two attached hydrogens (primary N) is 1. The van der Waals surface area contributed by atoms with Crippen molar-refractivity contribution in [3.8, 4) is 0 Å². The van der Waals surface area contributed by atoms with Gasteiger partial charge in [-0.05, 0) is 24.5 Å². The zero-order valence-electron chi connectivity index (χ0n) is 15.2. The molecule has 0 saturated heterocycles. The number of sulfonamides is 1. The minimum atomic E-state index is -3.97. The van der Waals surface area contributed by atoms with Gasteiger partial charge in [-0.1, -0.05) is 74.0 Å². The fraction of sp³-hybridized carbons (Fsp3) is 0.350. The van der Waals surface area contributed by atoms with Gasteiger partial charge in [0.15, 0.2) is 5.25 Å². The maximum Gasteiger partial charge on any atom is 0.243 e. The molecule has 0 aromatic heterocycles. The molecule has 0 aliphatic heterocycles. The molecule has 0 fully saturated rings. The molecular formula is C20H26N2O3S. The second-order valence-corrected chi connectivity index (χ2v) is 8.15. The minimum Gasteiger partial charge on any atom is -0.330 e. The molecule has 2 aromatic carbocycles. The first-order valence-corrected chi connectivity index (χ1v) is 10.4. The standard InChI is InChI=1S/C20H26N2O3S/c1-3-10-19(26(21,24)25)20(23)22(15-17-11-6-4-7-12-17)16(2)18-13-8-5-9-14-18/h4-9,11-14,16,19H,3,10,15H2,1-2H3,(H2,21,24,25)/t16-,19?/m1/s1. The van der Waals surface area contributed by atoms with Crippen LogP contribution < -0.4 is 5.14 Å². The van der Waals surface area contributed by atoms with Crippen molar-refractivity contribution in [2.45, 2.75) is 44.5 Å². The van der Waals surface area contributed by atoms with E-state index in [2.05, 4.69) is 0 Å². The smallest absolute Gasteiger partial charge is 0.243 e. The highest BCUT2D eigenvalue weighted by Crippen LogP contribution is 2.25. The number of rotatable bonds is 8. The normalized spacial score (nSPS) is 13.8. The summed E-state index contributed by atoms with van der Waals surface area (Å²) in [5.74, 6) is -0.449. The topological polar surface area (TPSA) is 80.5 Å². The van der Waals surface area contributed by atoms with Crippen LogP contribution in [0.2, 0.25) is 0 Å². The van der Waals surface area contributed by atoms with Gasteiger partial charge in [0.1, 0.15) is 0 Å². The molecule has 0 bridgehead atoms. The molecule has 0 aliphatic rings. The summed E-state index contributed by atoms with van der Waals surface area (Å²) in [7, 11) is -3.97. The van der Waals surface area contributed by atoms with Crippen LogP contribution in [-0.4, -0.2) is 24.5 Å². The molecule has 2 N–H and O–H groups in total. The highest BCUT2D eigenvalue weighted by Gasteiger charge is 2.34. The first kappa shape index (κ1) is 20.1. The zero-order chi connectivity index (χ0) is 19.2. The molecule has 0 radical (unpaired) electrons. The molecule has 26 heavy (non-hydrogen) atoms. The Morgan fingerprint density at radius 3 is 2.08 bits per heavy atom. The summed E-state index contributed by atoms with van der Waals surface area (Å²) in [5.41, 5.74) is 1.88. The van der Waals surface area contributed by atoms with Gasteiger partial charge in [0.25, 0.3) is 0 Å². The number of nitrogens with zero attached hydrogens (tertiary/aromatic N) is 1. The molecule has 0 spiro atoms. The Morgan fingerprint density at radius 1 is 1.04 bits per heavy atom. The fourth-order valence-corrected chi connectivity index (χ4v) is 3.95. The van der Waals surface area contributed by atoms with Gasteiger partial charge in [-0.2, -0.15) is 0 Å². The van der Waals surface area contributed by atoms with Crippen molar-refractivity contribution >= 4 is 15.9 Å². The summed E-state index contributed by atoms with van der Waals surface area (Å²) in [4.78, 5) is 14.8. The Bertz CT molecular complexity index is 807. The lowest BCUT2D eigenvalue weighted by atomic mass is 10.0. The van der Waals surface area contributed by atoms with Gasteiger partial charge in [0, 0.05) is 6.54 Å². The molecule has 5 nitrogen and oxygen atoms in total. The molecule has 2 rings (SSSR count). The van der Waals surface area contributed by atoms with Crippen molar-refractivity contribution in [3.05, 3.63) is 71.8 Å². The van der Waals surface area contributed by atoms with E-state index in [1.807, 2.05) is 74.5 Å². The third-order valence-corrected chi connectivity index (χ3v) is 5.68. The van der Waals surface area contributed by atoms with Gasteiger partial charge in [-0.3, -0.25) is 4.79 Å². The Morgan fingerprint density at radius 2 is 1.58 bits per heavy atom. The Kier molecular flexibility index (Phi) is 6.94. The Balaban J connectivity index is 2.40. The predicted octanol–water partition coefficient (Wildman–Crippen LogP) is 3.23. The van der Waals surface area contributed by atoms with E-state index in [0.717, 1.165) is 11.1 Å². The van der Waals surface area contributed by atoms with E-state index in [4.69, 9.17) is 5.14 Å². The lowest BCUT2D eigenvalue weighted by Crippen LogP contribution is -2.46. The molecule has 1 unspecified atom stereocenters. The molecule has 0 aliphatic carbocycles. The molecule has 0 saturated carbocycles. The molecule has 0 heterocycles. The summed E-state index contributed by atoms with van der Waals surface area (Å²) in [6.07, 6.45) is 0.774. The number of primary sulfonamides is 1. The molecule has 140 valence electrons. The summed E-state index contributed by atoms with van der Waals surface area (Å²) in [6, 6.07) is 18.8. The second kappa shape index (κ2) is 8.96. The van der Waals surface area contributed by atoms with Crippen LogP contribution in [0.1, 0.15) is 43.9 Å². The van der Waals surface area contributed by atoms with Crippen molar-refractivity contribution in [3.63, 3.8) is 0 Å². The predicted molar refractivity (Wildman–Crippen MR) is 104 cm³/mol. The Labute approximate surface area is 155 Å². The average molecular weight is 375 g/mol. The largest absolute Gasteiger partial charge is 0.330 e. The van der Waals surface area contributed by atoms with E-state index < -0.39 is 21.2 Å². The van der Waals surface area contributed by atoms with Gasteiger partial charge in [0.2, 0.25) is 15.9 Å². The summed E-state index contributed by atoms with van der Waals surface area (Å²) < 4.78 is 24.0.